The second-order valence-corrected chi connectivity index (χ2v) is 4.35. The molecule has 0 bridgehead atoms. The van der Waals surface area contributed by atoms with E-state index in [0.717, 1.165) is 29.2 Å². The minimum absolute atomic E-state index is 0.222. The van der Waals surface area contributed by atoms with Gasteiger partial charge in [-0.25, -0.2) is 9.48 Å². The van der Waals surface area contributed by atoms with Gasteiger partial charge in [-0.3, -0.25) is 0 Å². The molecule has 4 nitrogen and oxygen atoms in total. The van der Waals surface area contributed by atoms with Crippen molar-refractivity contribution in [3.8, 4) is 12.3 Å². The molecule has 15 heavy (non-hydrogen) atoms. The maximum atomic E-state index is 11.1. The molecule has 1 N–H and O–H groups in total. The lowest BCUT2D eigenvalue weighted by Crippen LogP contribution is -2.11. The van der Waals surface area contributed by atoms with E-state index in [0.29, 0.717) is 0 Å². The Balaban J connectivity index is 2.51. The summed E-state index contributed by atoms with van der Waals surface area (Å²) < 4.78 is 1.42. The lowest BCUT2D eigenvalue weighted by molar-refractivity contribution is 0.0683. The zero-order valence-electron chi connectivity index (χ0n) is 8.06. The third-order valence-electron chi connectivity index (χ3n) is 2.31. The Bertz CT molecular complexity index is 445. The highest BCUT2D eigenvalue weighted by Gasteiger charge is 2.24. The summed E-state index contributed by atoms with van der Waals surface area (Å²) in [5.74, 6) is 3.20. The van der Waals surface area contributed by atoms with Gasteiger partial charge in [-0.05, 0) is 5.75 Å². The number of carboxylic acid groups (broad SMARTS) is 1. The van der Waals surface area contributed by atoms with E-state index in [-0.39, 0.29) is 12.2 Å². The van der Waals surface area contributed by atoms with Gasteiger partial charge in [0.2, 0.25) is 0 Å². The van der Waals surface area contributed by atoms with Crippen LogP contribution in [0.1, 0.15) is 21.7 Å². The first kappa shape index (κ1) is 10.1. The first-order valence-electron chi connectivity index (χ1n) is 4.57. The standard InChI is InChI=1S/C10H10N2O2S/c1-2-4-12-9(10(13)14)7-6-15-5-3-8(7)11-12/h1H,3-6H2,(H,13,14). The molecule has 1 aliphatic heterocycles. The van der Waals surface area contributed by atoms with E-state index in [2.05, 4.69) is 11.0 Å². The molecule has 0 aliphatic carbocycles. The van der Waals surface area contributed by atoms with Crippen LogP contribution in [-0.2, 0) is 18.7 Å². The maximum absolute atomic E-state index is 11.1. The van der Waals surface area contributed by atoms with Crippen molar-refractivity contribution in [2.24, 2.45) is 0 Å². The van der Waals surface area contributed by atoms with Crippen LogP contribution in [0.15, 0.2) is 0 Å². The van der Waals surface area contributed by atoms with Gasteiger partial charge in [0.1, 0.15) is 6.54 Å². The second-order valence-electron chi connectivity index (χ2n) is 3.24. The van der Waals surface area contributed by atoms with Crippen LogP contribution in [0.5, 0.6) is 0 Å². The average molecular weight is 222 g/mol. The van der Waals surface area contributed by atoms with Crippen LogP contribution in [0.2, 0.25) is 0 Å². The first-order valence-corrected chi connectivity index (χ1v) is 5.72. The van der Waals surface area contributed by atoms with Gasteiger partial charge in [0.05, 0.1) is 5.69 Å². The summed E-state index contributed by atoms with van der Waals surface area (Å²) in [7, 11) is 0. The van der Waals surface area contributed by atoms with Crippen LogP contribution in [-0.4, -0.2) is 26.6 Å². The van der Waals surface area contributed by atoms with Gasteiger partial charge in [-0.2, -0.15) is 16.9 Å². The van der Waals surface area contributed by atoms with Crippen LogP contribution in [0.4, 0.5) is 0 Å². The summed E-state index contributed by atoms with van der Waals surface area (Å²) in [6, 6.07) is 0. The van der Waals surface area contributed by atoms with E-state index >= 15 is 0 Å². The zero-order chi connectivity index (χ0) is 10.8. The van der Waals surface area contributed by atoms with Crippen LogP contribution in [0, 0.1) is 12.3 Å². The van der Waals surface area contributed by atoms with Crippen LogP contribution in [0.3, 0.4) is 0 Å². The van der Waals surface area contributed by atoms with Crippen molar-refractivity contribution in [2.75, 3.05) is 5.75 Å². The Hall–Kier alpha value is -1.41. The Kier molecular flexibility index (Phi) is 2.69. The molecule has 2 heterocycles. The number of nitrogens with zero attached hydrogens (tertiary/aromatic N) is 2. The fourth-order valence-corrected chi connectivity index (χ4v) is 2.67. The van der Waals surface area contributed by atoms with Crippen LogP contribution in [0.25, 0.3) is 0 Å². The van der Waals surface area contributed by atoms with Crippen molar-refractivity contribution < 1.29 is 9.90 Å². The Morgan fingerprint density at radius 3 is 3.20 bits per heavy atom. The molecular formula is C10H10N2O2S. The number of hydrogen-bond donors (Lipinski definition) is 1. The van der Waals surface area contributed by atoms with E-state index in [1.807, 2.05) is 0 Å². The number of aromatic nitrogens is 2. The predicted octanol–water partition coefficient (Wildman–Crippen LogP) is 1.00. The molecule has 2 rings (SSSR count). The molecule has 1 aliphatic rings. The largest absolute Gasteiger partial charge is 0.477 e. The summed E-state index contributed by atoms with van der Waals surface area (Å²) in [6.45, 7) is 0.222. The average Bonchev–Trinajstić information content (AvgIpc) is 2.56. The number of hydrogen-bond acceptors (Lipinski definition) is 3. The summed E-state index contributed by atoms with van der Waals surface area (Å²) in [5.41, 5.74) is 1.99. The van der Waals surface area contributed by atoms with Gasteiger partial charge in [-0.1, -0.05) is 5.92 Å². The van der Waals surface area contributed by atoms with Gasteiger partial charge < -0.3 is 5.11 Å². The highest BCUT2D eigenvalue weighted by Crippen LogP contribution is 2.27. The van der Waals surface area contributed by atoms with Gasteiger partial charge in [-0.15, -0.1) is 6.42 Å². The van der Waals surface area contributed by atoms with Gasteiger partial charge in [0.25, 0.3) is 0 Å². The van der Waals surface area contributed by atoms with Gasteiger partial charge in [0.15, 0.2) is 5.69 Å². The molecule has 78 valence electrons. The number of carboxylic acids is 1. The number of terminal acetylenes is 1. The fourth-order valence-electron chi connectivity index (χ4n) is 1.68. The first-order chi connectivity index (χ1) is 7.24. The van der Waals surface area contributed by atoms with Gasteiger partial charge in [0, 0.05) is 17.7 Å². The number of thioether (sulfide) groups is 1. The number of rotatable bonds is 2. The summed E-state index contributed by atoms with van der Waals surface area (Å²) >= 11 is 1.73. The van der Waals surface area contributed by atoms with Crippen LogP contribution >= 0.6 is 11.8 Å². The minimum Gasteiger partial charge on any atom is -0.477 e. The van der Waals surface area contributed by atoms with Crippen molar-refractivity contribution >= 4 is 17.7 Å². The quantitative estimate of drug-likeness (QED) is 0.759. The smallest absolute Gasteiger partial charge is 0.354 e. The van der Waals surface area contributed by atoms with Crippen LogP contribution < -0.4 is 0 Å². The third kappa shape index (κ3) is 1.73. The highest BCUT2D eigenvalue weighted by atomic mass is 32.2. The predicted molar refractivity (Wildman–Crippen MR) is 57.9 cm³/mol. The van der Waals surface area contributed by atoms with Crippen molar-refractivity contribution in [3.05, 3.63) is 17.0 Å². The SMILES string of the molecule is C#CCn1nc2c(c1C(=O)O)CSCC2. The molecule has 1 aromatic rings. The topological polar surface area (TPSA) is 55.1 Å². The zero-order valence-corrected chi connectivity index (χ0v) is 8.88. The highest BCUT2D eigenvalue weighted by molar-refractivity contribution is 7.98. The monoisotopic (exact) mass is 222 g/mol. The number of aromatic carboxylic acids is 1. The Labute approximate surface area is 91.7 Å². The van der Waals surface area contributed by atoms with E-state index in [4.69, 9.17) is 11.5 Å². The molecular weight excluding hydrogens is 212 g/mol. The summed E-state index contributed by atoms with van der Waals surface area (Å²) in [4.78, 5) is 11.1. The number of fused-ring (bicyclic) bond motifs is 1. The third-order valence-corrected chi connectivity index (χ3v) is 3.29. The lowest BCUT2D eigenvalue weighted by Gasteiger charge is -2.08. The Morgan fingerprint density at radius 1 is 1.73 bits per heavy atom. The molecule has 0 atom stereocenters. The molecule has 5 heteroatoms. The molecule has 0 fully saturated rings. The normalized spacial score (nSPS) is 14.3. The maximum Gasteiger partial charge on any atom is 0.354 e. The van der Waals surface area contributed by atoms with Crippen molar-refractivity contribution in [2.45, 2.75) is 18.7 Å². The molecule has 0 spiro atoms. The molecule has 0 amide bonds. The van der Waals surface area contributed by atoms with Crippen molar-refractivity contribution in [3.63, 3.8) is 0 Å². The number of carbonyl (C=O) groups is 1. The Morgan fingerprint density at radius 2 is 2.53 bits per heavy atom. The van der Waals surface area contributed by atoms with E-state index < -0.39 is 5.97 Å². The summed E-state index contributed by atoms with van der Waals surface area (Å²) in [6.07, 6.45) is 6.01. The van der Waals surface area contributed by atoms with E-state index in [9.17, 15) is 4.79 Å². The summed E-state index contributed by atoms with van der Waals surface area (Å²) in [5, 5.41) is 13.3. The lowest BCUT2D eigenvalue weighted by atomic mass is 10.1. The van der Waals surface area contributed by atoms with E-state index in [1.54, 1.807) is 11.8 Å². The molecule has 0 radical (unpaired) electrons. The molecule has 0 aromatic carbocycles. The van der Waals surface area contributed by atoms with Crippen molar-refractivity contribution in [1.29, 1.82) is 0 Å². The minimum atomic E-state index is -0.943. The van der Waals surface area contributed by atoms with Gasteiger partial charge >= 0.3 is 5.97 Å². The molecule has 0 unspecified atom stereocenters. The molecule has 1 aromatic heterocycles. The number of aryl methyl sites for hydroxylation is 1. The molecule has 0 saturated heterocycles. The van der Waals surface area contributed by atoms with E-state index in [1.165, 1.54) is 4.68 Å². The molecule has 0 saturated carbocycles. The second kappa shape index (κ2) is 3.99. The van der Waals surface area contributed by atoms with Crippen molar-refractivity contribution in [1.82, 2.24) is 9.78 Å². The fraction of sp³-hybridized carbons (Fsp3) is 0.400.